The van der Waals surface area contributed by atoms with E-state index >= 15 is 0 Å². The number of anilines is 1. The number of nitro groups is 1. The van der Waals surface area contributed by atoms with E-state index in [2.05, 4.69) is 5.32 Å². The Kier molecular flexibility index (Phi) is 7.02. The van der Waals surface area contributed by atoms with Crippen LogP contribution in [0.4, 0.5) is 15.8 Å². The number of hydrogen-bond donors (Lipinski definition) is 1. The summed E-state index contributed by atoms with van der Waals surface area (Å²) < 4.78 is 24.0. The Labute approximate surface area is 160 Å². The van der Waals surface area contributed by atoms with Crippen molar-refractivity contribution in [2.45, 2.75) is 13.8 Å². The first-order valence-corrected chi connectivity index (χ1v) is 8.40. The predicted molar refractivity (Wildman–Crippen MR) is 98.7 cm³/mol. The number of nitrogens with one attached hydrogen (secondary N) is 1. The minimum absolute atomic E-state index is 0.214. The van der Waals surface area contributed by atoms with E-state index in [1.807, 2.05) is 13.8 Å². The van der Waals surface area contributed by atoms with Crippen molar-refractivity contribution in [3.05, 3.63) is 64.0 Å². The molecule has 8 nitrogen and oxygen atoms in total. The second-order valence-corrected chi connectivity index (χ2v) is 6.27. The summed E-state index contributed by atoms with van der Waals surface area (Å²) in [6.45, 7) is 3.89. The second-order valence-electron chi connectivity index (χ2n) is 6.27. The molecule has 1 N–H and O–H groups in total. The molecule has 0 fully saturated rings. The van der Waals surface area contributed by atoms with Gasteiger partial charge in [-0.3, -0.25) is 14.9 Å². The van der Waals surface area contributed by atoms with Gasteiger partial charge in [0.25, 0.3) is 11.6 Å². The van der Waals surface area contributed by atoms with Gasteiger partial charge in [-0.25, -0.2) is 9.18 Å². The van der Waals surface area contributed by atoms with Gasteiger partial charge in [0.05, 0.1) is 22.8 Å². The summed E-state index contributed by atoms with van der Waals surface area (Å²) in [4.78, 5) is 33.8. The van der Waals surface area contributed by atoms with Crippen molar-refractivity contribution >= 4 is 23.3 Å². The van der Waals surface area contributed by atoms with Crippen molar-refractivity contribution < 1.29 is 28.4 Å². The number of ether oxygens (including phenoxy) is 2. The third-order valence-electron chi connectivity index (χ3n) is 3.44. The zero-order valence-electron chi connectivity index (χ0n) is 15.3. The van der Waals surface area contributed by atoms with Crippen molar-refractivity contribution in [2.75, 3.05) is 18.5 Å². The molecule has 28 heavy (non-hydrogen) atoms. The zero-order chi connectivity index (χ0) is 20.7. The quantitative estimate of drug-likeness (QED) is 0.419. The molecule has 0 aliphatic carbocycles. The third kappa shape index (κ3) is 6.04. The van der Waals surface area contributed by atoms with Crippen LogP contribution in [-0.4, -0.2) is 30.0 Å². The van der Waals surface area contributed by atoms with Crippen molar-refractivity contribution in [1.82, 2.24) is 0 Å². The molecule has 148 valence electrons. The van der Waals surface area contributed by atoms with Crippen LogP contribution in [0.1, 0.15) is 24.2 Å². The molecule has 0 saturated carbocycles. The highest BCUT2D eigenvalue weighted by Crippen LogP contribution is 2.21. The molecule has 0 unspecified atom stereocenters. The topological polar surface area (TPSA) is 108 Å². The SMILES string of the molecule is CC(C)COc1ccc(C(=O)OCC(=O)Nc2cc([N+](=O)[O-])ccc2F)cc1. The van der Waals surface area contributed by atoms with Crippen molar-refractivity contribution in [3.8, 4) is 5.75 Å². The van der Waals surface area contributed by atoms with Crippen LogP contribution in [0.25, 0.3) is 0 Å². The van der Waals surface area contributed by atoms with E-state index in [0.717, 1.165) is 18.2 Å². The lowest BCUT2D eigenvalue weighted by Gasteiger charge is -2.09. The predicted octanol–water partition coefficient (Wildman–Crippen LogP) is 3.56. The average Bonchev–Trinajstić information content (AvgIpc) is 2.66. The van der Waals surface area contributed by atoms with Crippen LogP contribution < -0.4 is 10.1 Å². The number of rotatable bonds is 8. The van der Waals surface area contributed by atoms with Crippen LogP contribution in [0.3, 0.4) is 0 Å². The fraction of sp³-hybridized carbons (Fsp3) is 0.263. The van der Waals surface area contributed by atoms with Gasteiger partial charge in [-0.2, -0.15) is 0 Å². The van der Waals surface area contributed by atoms with Crippen LogP contribution >= 0.6 is 0 Å². The van der Waals surface area contributed by atoms with Gasteiger partial charge in [0.1, 0.15) is 11.6 Å². The number of esters is 1. The van der Waals surface area contributed by atoms with E-state index in [-0.39, 0.29) is 16.9 Å². The van der Waals surface area contributed by atoms with Crippen LogP contribution in [0, 0.1) is 21.8 Å². The molecular weight excluding hydrogens is 371 g/mol. The van der Waals surface area contributed by atoms with E-state index in [0.29, 0.717) is 18.3 Å². The summed E-state index contributed by atoms with van der Waals surface area (Å²) in [5.41, 5.74) is -0.540. The number of nitrogens with zero attached hydrogens (tertiary/aromatic N) is 1. The normalized spacial score (nSPS) is 10.4. The molecule has 0 spiro atoms. The lowest BCUT2D eigenvalue weighted by atomic mass is 10.2. The molecule has 0 saturated heterocycles. The molecule has 0 aromatic heterocycles. The van der Waals surface area contributed by atoms with Gasteiger partial charge >= 0.3 is 5.97 Å². The summed E-state index contributed by atoms with van der Waals surface area (Å²) in [5.74, 6) is -1.46. The molecule has 2 aromatic carbocycles. The van der Waals surface area contributed by atoms with Crippen LogP contribution in [0.2, 0.25) is 0 Å². The van der Waals surface area contributed by atoms with E-state index in [1.165, 1.54) is 12.1 Å². The van der Waals surface area contributed by atoms with E-state index in [4.69, 9.17) is 9.47 Å². The molecule has 0 heterocycles. The highest BCUT2D eigenvalue weighted by atomic mass is 19.1. The third-order valence-corrected chi connectivity index (χ3v) is 3.44. The molecule has 0 bridgehead atoms. The Hall–Kier alpha value is -3.49. The number of carbonyl (C=O) groups excluding carboxylic acids is 2. The van der Waals surface area contributed by atoms with Crippen molar-refractivity contribution in [3.63, 3.8) is 0 Å². The van der Waals surface area contributed by atoms with Gasteiger partial charge in [0, 0.05) is 12.1 Å². The number of nitro benzene ring substituents is 1. The Morgan fingerprint density at radius 2 is 1.86 bits per heavy atom. The number of hydrogen-bond acceptors (Lipinski definition) is 6. The Morgan fingerprint density at radius 3 is 2.46 bits per heavy atom. The standard InChI is InChI=1S/C19H19FN2O6/c1-12(2)10-27-15-6-3-13(4-7-15)19(24)28-11-18(23)21-17-9-14(22(25)26)5-8-16(17)20/h3-9,12H,10-11H2,1-2H3,(H,21,23). The van der Waals surface area contributed by atoms with E-state index in [9.17, 15) is 24.1 Å². The maximum atomic E-state index is 13.7. The van der Waals surface area contributed by atoms with Crippen molar-refractivity contribution in [1.29, 1.82) is 0 Å². The summed E-state index contributed by atoms with van der Waals surface area (Å²) in [6, 6.07) is 8.93. The molecule has 9 heteroatoms. The molecule has 2 rings (SSSR count). The zero-order valence-corrected chi connectivity index (χ0v) is 15.3. The summed E-state index contributed by atoms with van der Waals surface area (Å²) >= 11 is 0. The van der Waals surface area contributed by atoms with Gasteiger partial charge < -0.3 is 14.8 Å². The monoisotopic (exact) mass is 390 g/mol. The fourth-order valence-corrected chi connectivity index (χ4v) is 2.07. The van der Waals surface area contributed by atoms with Crippen LogP contribution in [-0.2, 0) is 9.53 Å². The Morgan fingerprint density at radius 1 is 1.18 bits per heavy atom. The number of carbonyl (C=O) groups is 2. The van der Waals surface area contributed by atoms with Crippen LogP contribution in [0.15, 0.2) is 42.5 Å². The first-order chi connectivity index (χ1) is 13.3. The minimum atomic E-state index is -0.845. The van der Waals surface area contributed by atoms with E-state index < -0.39 is 29.2 Å². The highest BCUT2D eigenvalue weighted by Gasteiger charge is 2.15. The molecule has 0 radical (unpaired) electrons. The molecule has 1 amide bonds. The molecule has 0 aliphatic heterocycles. The first-order valence-electron chi connectivity index (χ1n) is 8.40. The Bertz CT molecular complexity index is 867. The summed E-state index contributed by atoms with van der Waals surface area (Å²) in [5, 5.41) is 12.8. The maximum absolute atomic E-state index is 13.7. The van der Waals surface area contributed by atoms with E-state index in [1.54, 1.807) is 12.1 Å². The average molecular weight is 390 g/mol. The number of halogens is 1. The van der Waals surface area contributed by atoms with Gasteiger partial charge in [-0.05, 0) is 36.2 Å². The van der Waals surface area contributed by atoms with Gasteiger partial charge in [-0.15, -0.1) is 0 Å². The lowest BCUT2D eigenvalue weighted by Crippen LogP contribution is -2.21. The van der Waals surface area contributed by atoms with Gasteiger partial charge in [0.15, 0.2) is 6.61 Å². The molecular formula is C19H19FN2O6. The van der Waals surface area contributed by atoms with Crippen molar-refractivity contribution in [2.24, 2.45) is 5.92 Å². The second kappa shape index (κ2) is 9.45. The summed E-state index contributed by atoms with van der Waals surface area (Å²) in [6.07, 6.45) is 0. The van der Waals surface area contributed by atoms with Crippen LogP contribution in [0.5, 0.6) is 5.75 Å². The highest BCUT2D eigenvalue weighted by molar-refractivity contribution is 5.95. The Balaban J connectivity index is 1.89. The minimum Gasteiger partial charge on any atom is -0.493 e. The molecule has 0 aliphatic rings. The molecule has 0 atom stereocenters. The first kappa shape index (κ1) is 20.8. The fourth-order valence-electron chi connectivity index (χ4n) is 2.07. The smallest absolute Gasteiger partial charge is 0.338 e. The maximum Gasteiger partial charge on any atom is 0.338 e. The number of non-ortho nitro benzene ring substituents is 1. The van der Waals surface area contributed by atoms with Gasteiger partial charge in [0.2, 0.25) is 0 Å². The number of benzene rings is 2. The lowest BCUT2D eigenvalue weighted by molar-refractivity contribution is -0.384. The van der Waals surface area contributed by atoms with Gasteiger partial charge in [-0.1, -0.05) is 13.8 Å². The summed E-state index contributed by atoms with van der Waals surface area (Å²) in [7, 11) is 0. The largest absolute Gasteiger partial charge is 0.493 e. The molecule has 2 aromatic rings. The number of amides is 1.